The van der Waals surface area contributed by atoms with Gasteiger partial charge in [0.25, 0.3) is 5.91 Å². The van der Waals surface area contributed by atoms with Crippen molar-refractivity contribution in [1.29, 1.82) is 0 Å². The molecule has 4 nitrogen and oxygen atoms in total. The Balaban J connectivity index is 1.42. The summed E-state index contributed by atoms with van der Waals surface area (Å²) in [4.78, 5) is 19.9. The molecule has 0 radical (unpaired) electrons. The molecule has 3 aromatic rings. The largest absolute Gasteiger partial charge is 0.348 e. The maximum Gasteiger partial charge on any atom is 0.253 e. The van der Waals surface area contributed by atoms with E-state index in [9.17, 15) is 13.6 Å². The van der Waals surface area contributed by atoms with Crippen LogP contribution in [0, 0.1) is 18.6 Å². The number of halogens is 2. The smallest absolute Gasteiger partial charge is 0.253 e. The lowest BCUT2D eigenvalue weighted by molar-refractivity contribution is 0.0947. The number of hydrogen-bond acceptors (Lipinski definition) is 3. The molecule has 0 spiro atoms. The number of carbonyl (C=O) groups is 1. The number of aryl methyl sites for hydroxylation is 1. The standard InChI is InChI=1S/C26H27F2N3O/c1-18-9-10-23(26(32)29-16-19-5-4-7-22(27)15-19)25(30-18)20-11-13-31(14-12-20)17-21-6-2-3-8-24(21)28/h2-10,15,20H,11-14,16-17H2,1H3,(H,29,32). The van der Waals surface area contributed by atoms with Crippen LogP contribution in [-0.4, -0.2) is 28.9 Å². The summed E-state index contributed by atoms with van der Waals surface area (Å²) >= 11 is 0. The SMILES string of the molecule is Cc1ccc(C(=O)NCc2cccc(F)c2)c(C2CCN(Cc3ccccc3F)CC2)n1. The summed E-state index contributed by atoms with van der Waals surface area (Å²) in [7, 11) is 0. The van der Waals surface area contributed by atoms with E-state index in [4.69, 9.17) is 4.98 Å². The lowest BCUT2D eigenvalue weighted by Crippen LogP contribution is -2.34. The van der Waals surface area contributed by atoms with Gasteiger partial charge in [0.2, 0.25) is 0 Å². The fourth-order valence-corrected chi connectivity index (χ4v) is 4.24. The summed E-state index contributed by atoms with van der Waals surface area (Å²) in [6.45, 7) is 4.40. The van der Waals surface area contributed by atoms with Gasteiger partial charge in [0.05, 0.1) is 11.3 Å². The average molecular weight is 436 g/mol. The van der Waals surface area contributed by atoms with Gasteiger partial charge in [-0.2, -0.15) is 0 Å². The highest BCUT2D eigenvalue weighted by atomic mass is 19.1. The van der Waals surface area contributed by atoms with Crippen LogP contribution in [0.25, 0.3) is 0 Å². The third-order valence-electron chi connectivity index (χ3n) is 5.98. The van der Waals surface area contributed by atoms with Crippen molar-refractivity contribution >= 4 is 5.91 Å². The van der Waals surface area contributed by atoms with Crippen LogP contribution in [0.2, 0.25) is 0 Å². The number of pyridine rings is 1. The summed E-state index contributed by atoms with van der Waals surface area (Å²) in [5.74, 6) is -0.531. The molecule has 4 rings (SSSR count). The number of carbonyl (C=O) groups excluding carboxylic acids is 1. The van der Waals surface area contributed by atoms with Gasteiger partial charge in [0.1, 0.15) is 11.6 Å². The van der Waals surface area contributed by atoms with Crippen LogP contribution in [-0.2, 0) is 13.1 Å². The molecule has 32 heavy (non-hydrogen) atoms. The lowest BCUT2D eigenvalue weighted by atomic mass is 9.89. The minimum Gasteiger partial charge on any atom is -0.348 e. The zero-order valence-corrected chi connectivity index (χ0v) is 18.2. The van der Waals surface area contributed by atoms with Crippen molar-refractivity contribution in [1.82, 2.24) is 15.2 Å². The van der Waals surface area contributed by atoms with E-state index in [2.05, 4.69) is 10.2 Å². The quantitative estimate of drug-likeness (QED) is 0.594. The second-order valence-electron chi connectivity index (χ2n) is 8.34. The van der Waals surface area contributed by atoms with Crippen molar-refractivity contribution in [3.05, 3.63) is 100 Å². The molecular weight excluding hydrogens is 408 g/mol. The Hall–Kier alpha value is -3.12. The molecule has 1 N–H and O–H groups in total. The molecule has 6 heteroatoms. The molecule has 0 bridgehead atoms. The molecule has 2 aromatic carbocycles. The van der Waals surface area contributed by atoms with Gasteiger partial charge in [0.15, 0.2) is 0 Å². The Morgan fingerprint density at radius 2 is 1.84 bits per heavy atom. The van der Waals surface area contributed by atoms with Gasteiger partial charge in [-0.1, -0.05) is 30.3 Å². The van der Waals surface area contributed by atoms with Crippen LogP contribution in [0.4, 0.5) is 8.78 Å². The molecule has 1 aliphatic heterocycles. The van der Waals surface area contributed by atoms with E-state index in [1.165, 1.54) is 18.2 Å². The van der Waals surface area contributed by atoms with Gasteiger partial charge in [0, 0.05) is 30.3 Å². The predicted molar refractivity (Wildman–Crippen MR) is 120 cm³/mol. The van der Waals surface area contributed by atoms with Crippen molar-refractivity contribution < 1.29 is 13.6 Å². The van der Waals surface area contributed by atoms with Gasteiger partial charge in [-0.15, -0.1) is 0 Å². The maximum absolute atomic E-state index is 14.0. The van der Waals surface area contributed by atoms with E-state index in [1.807, 2.05) is 31.2 Å². The average Bonchev–Trinajstić information content (AvgIpc) is 2.79. The molecule has 0 atom stereocenters. The minimum atomic E-state index is -0.323. The second kappa shape index (κ2) is 10.0. The molecule has 0 saturated carbocycles. The molecule has 1 saturated heterocycles. The highest BCUT2D eigenvalue weighted by Crippen LogP contribution is 2.30. The number of amides is 1. The maximum atomic E-state index is 14.0. The van der Waals surface area contributed by atoms with Crippen LogP contribution in [0.5, 0.6) is 0 Å². The van der Waals surface area contributed by atoms with Gasteiger partial charge in [-0.25, -0.2) is 8.78 Å². The number of benzene rings is 2. The fourth-order valence-electron chi connectivity index (χ4n) is 4.24. The van der Waals surface area contributed by atoms with E-state index in [0.29, 0.717) is 23.2 Å². The van der Waals surface area contributed by atoms with Gasteiger partial charge < -0.3 is 5.32 Å². The summed E-state index contributed by atoms with van der Waals surface area (Å²) in [6.07, 6.45) is 1.71. The number of hydrogen-bond donors (Lipinski definition) is 1. The Morgan fingerprint density at radius 1 is 1.06 bits per heavy atom. The van der Waals surface area contributed by atoms with Crippen LogP contribution >= 0.6 is 0 Å². The molecule has 2 heterocycles. The van der Waals surface area contributed by atoms with E-state index >= 15 is 0 Å². The van der Waals surface area contributed by atoms with Gasteiger partial charge in [-0.05, 0) is 68.8 Å². The van der Waals surface area contributed by atoms with Crippen molar-refractivity contribution in [3.8, 4) is 0 Å². The summed E-state index contributed by atoms with van der Waals surface area (Å²) in [5, 5.41) is 2.89. The normalized spacial score (nSPS) is 15.0. The number of aromatic nitrogens is 1. The van der Waals surface area contributed by atoms with Crippen molar-refractivity contribution in [2.24, 2.45) is 0 Å². The first kappa shape index (κ1) is 22.1. The van der Waals surface area contributed by atoms with Crippen molar-refractivity contribution in [2.75, 3.05) is 13.1 Å². The van der Waals surface area contributed by atoms with Crippen LogP contribution in [0.3, 0.4) is 0 Å². The van der Waals surface area contributed by atoms with Crippen LogP contribution in [0.15, 0.2) is 60.7 Å². The highest BCUT2D eigenvalue weighted by Gasteiger charge is 2.26. The number of nitrogens with one attached hydrogen (secondary N) is 1. The van der Waals surface area contributed by atoms with Crippen molar-refractivity contribution in [2.45, 2.75) is 38.8 Å². The Kier molecular flexibility index (Phi) is 6.90. The Labute approximate surface area is 187 Å². The minimum absolute atomic E-state index is 0.168. The molecule has 1 aliphatic rings. The number of nitrogens with zero attached hydrogens (tertiary/aromatic N) is 2. The molecular formula is C26H27F2N3O. The highest BCUT2D eigenvalue weighted by molar-refractivity contribution is 5.95. The first-order chi connectivity index (χ1) is 15.5. The van der Waals surface area contributed by atoms with Gasteiger partial charge in [-0.3, -0.25) is 14.7 Å². The zero-order chi connectivity index (χ0) is 22.5. The first-order valence-electron chi connectivity index (χ1n) is 11.0. The van der Waals surface area contributed by atoms with Crippen molar-refractivity contribution in [3.63, 3.8) is 0 Å². The number of rotatable bonds is 6. The predicted octanol–water partition coefficient (Wildman–Crippen LogP) is 4.98. The van der Waals surface area contributed by atoms with Crippen LogP contribution in [0.1, 0.15) is 51.6 Å². The van der Waals surface area contributed by atoms with Gasteiger partial charge >= 0.3 is 0 Å². The summed E-state index contributed by atoms with van der Waals surface area (Å²) < 4.78 is 27.4. The summed E-state index contributed by atoms with van der Waals surface area (Å²) in [5.41, 5.74) is 3.67. The zero-order valence-electron chi connectivity index (χ0n) is 18.2. The number of likely N-dealkylation sites (tertiary alicyclic amines) is 1. The topological polar surface area (TPSA) is 45.2 Å². The van der Waals surface area contributed by atoms with E-state index in [0.717, 1.165) is 37.3 Å². The first-order valence-corrected chi connectivity index (χ1v) is 11.0. The molecule has 0 aliphatic carbocycles. The third-order valence-corrected chi connectivity index (χ3v) is 5.98. The monoisotopic (exact) mass is 435 g/mol. The molecule has 0 unspecified atom stereocenters. The molecule has 166 valence electrons. The molecule has 1 amide bonds. The van der Waals surface area contributed by atoms with E-state index in [1.54, 1.807) is 18.2 Å². The van der Waals surface area contributed by atoms with E-state index < -0.39 is 0 Å². The fraction of sp³-hybridized carbons (Fsp3) is 0.308. The molecule has 1 fully saturated rings. The van der Waals surface area contributed by atoms with Crippen LogP contribution < -0.4 is 5.32 Å². The Bertz CT molecular complexity index is 1090. The number of piperidine rings is 1. The molecule has 1 aromatic heterocycles. The van der Waals surface area contributed by atoms with E-state index in [-0.39, 0.29) is 30.0 Å². The Morgan fingerprint density at radius 3 is 2.59 bits per heavy atom. The lowest BCUT2D eigenvalue weighted by Gasteiger charge is -2.32. The second-order valence-corrected chi connectivity index (χ2v) is 8.34. The summed E-state index contributed by atoms with van der Waals surface area (Å²) in [6, 6.07) is 16.8. The third kappa shape index (κ3) is 5.37.